The van der Waals surface area contributed by atoms with Crippen LogP contribution in [0.5, 0.6) is 0 Å². The average molecular weight is 223 g/mol. The van der Waals surface area contributed by atoms with Gasteiger partial charge in [0.25, 0.3) is 6.64 Å². The third kappa shape index (κ3) is 3.64. The van der Waals surface area contributed by atoms with Crippen molar-refractivity contribution in [3.63, 3.8) is 0 Å². The molecule has 0 aliphatic carbocycles. The molecular formula is C8H18NO2PS. The third-order valence-electron chi connectivity index (χ3n) is 1.69. The van der Waals surface area contributed by atoms with Crippen molar-refractivity contribution >= 4 is 18.4 Å². The highest BCUT2D eigenvalue weighted by atomic mass is 32.5. The van der Waals surface area contributed by atoms with E-state index < -0.39 is 6.64 Å². The molecule has 0 amide bonds. The van der Waals surface area contributed by atoms with E-state index in [0.717, 1.165) is 39.1 Å². The van der Waals surface area contributed by atoms with E-state index in [1.807, 2.05) is 0 Å². The van der Waals surface area contributed by atoms with Crippen LogP contribution in [0.2, 0.25) is 0 Å². The Morgan fingerprint density at radius 1 is 1.15 bits per heavy atom. The zero-order chi connectivity index (χ0) is 9.73. The van der Waals surface area contributed by atoms with Gasteiger partial charge in [0.2, 0.25) is 0 Å². The largest absolute Gasteiger partial charge is 0.318 e. The molecule has 1 fully saturated rings. The van der Waals surface area contributed by atoms with Gasteiger partial charge in [0.05, 0.1) is 13.2 Å². The molecule has 0 unspecified atom stereocenters. The molecule has 1 heterocycles. The maximum Gasteiger partial charge on any atom is 0.264 e. The minimum Gasteiger partial charge on any atom is -0.318 e. The van der Waals surface area contributed by atoms with Crippen LogP contribution in [-0.4, -0.2) is 31.0 Å². The van der Waals surface area contributed by atoms with Crippen LogP contribution in [-0.2, 0) is 20.9 Å². The lowest BCUT2D eigenvalue weighted by Gasteiger charge is -2.22. The first kappa shape index (κ1) is 11.6. The van der Waals surface area contributed by atoms with Gasteiger partial charge >= 0.3 is 0 Å². The Kier molecular flexibility index (Phi) is 4.84. The SMILES string of the molecule is CCCOP(=S)(OCCC)N1CC1. The van der Waals surface area contributed by atoms with E-state index >= 15 is 0 Å². The monoisotopic (exact) mass is 223 g/mol. The van der Waals surface area contributed by atoms with Crippen LogP contribution in [0.3, 0.4) is 0 Å². The van der Waals surface area contributed by atoms with Gasteiger partial charge in [-0.05, 0) is 24.6 Å². The molecule has 0 saturated carbocycles. The van der Waals surface area contributed by atoms with Crippen LogP contribution in [0.15, 0.2) is 0 Å². The summed E-state index contributed by atoms with van der Waals surface area (Å²) in [5.41, 5.74) is 0. The summed E-state index contributed by atoms with van der Waals surface area (Å²) in [5, 5.41) is 0. The zero-order valence-corrected chi connectivity index (χ0v) is 10.1. The molecular weight excluding hydrogens is 205 g/mol. The second-order valence-electron chi connectivity index (χ2n) is 3.09. The number of nitrogens with zero attached hydrogens (tertiary/aromatic N) is 1. The molecule has 78 valence electrons. The molecule has 0 spiro atoms. The van der Waals surface area contributed by atoms with Crippen molar-refractivity contribution in [3.8, 4) is 0 Å². The first-order chi connectivity index (χ1) is 6.23. The molecule has 1 aliphatic heterocycles. The molecule has 5 heteroatoms. The third-order valence-corrected chi connectivity index (χ3v) is 5.12. The second kappa shape index (κ2) is 5.42. The highest BCUT2D eigenvalue weighted by molar-refractivity contribution is 8.08. The van der Waals surface area contributed by atoms with Gasteiger partial charge in [-0.25, -0.2) is 4.67 Å². The summed E-state index contributed by atoms with van der Waals surface area (Å²) in [6.45, 7) is 5.66. The predicted molar refractivity (Wildman–Crippen MR) is 58.3 cm³/mol. The van der Waals surface area contributed by atoms with Gasteiger partial charge < -0.3 is 9.05 Å². The van der Waals surface area contributed by atoms with Gasteiger partial charge in [0, 0.05) is 13.1 Å². The smallest absolute Gasteiger partial charge is 0.264 e. The van der Waals surface area contributed by atoms with Crippen LogP contribution in [0.25, 0.3) is 0 Å². The molecule has 1 rings (SSSR count). The van der Waals surface area contributed by atoms with E-state index in [9.17, 15) is 0 Å². The molecule has 0 radical (unpaired) electrons. The van der Waals surface area contributed by atoms with E-state index in [1.54, 1.807) is 0 Å². The molecule has 0 atom stereocenters. The maximum absolute atomic E-state index is 5.63. The maximum atomic E-state index is 5.63. The van der Waals surface area contributed by atoms with E-state index in [-0.39, 0.29) is 0 Å². The Labute approximate surface area is 85.6 Å². The molecule has 0 aromatic rings. The van der Waals surface area contributed by atoms with E-state index in [2.05, 4.69) is 18.5 Å². The van der Waals surface area contributed by atoms with E-state index in [1.165, 1.54) is 0 Å². The summed E-state index contributed by atoms with van der Waals surface area (Å²) >= 11 is 5.41. The van der Waals surface area contributed by atoms with Crippen LogP contribution in [0.4, 0.5) is 0 Å². The summed E-state index contributed by atoms with van der Waals surface area (Å²) in [6, 6.07) is 0. The quantitative estimate of drug-likeness (QED) is 0.488. The van der Waals surface area contributed by atoms with Crippen LogP contribution in [0, 0.1) is 0 Å². The summed E-state index contributed by atoms with van der Waals surface area (Å²) < 4.78 is 13.4. The highest BCUT2D eigenvalue weighted by Crippen LogP contribution is 2.56. The summed E-state index contributed by atoms with van der Waals surface area (Å²) in [7, 11) is 0. The van der Waals surface area contributed by atoms with Crippen LogP contribution in [0.1, 0.15) is 26.7 Å². The normalized spacial score (nSPS) is 17.7. The Balaban J connectivity index is 2.37. The fraction of sp³-hybridized carbons (Fsp3) is 1.00. The Morgan fingerprint density at radius 3 is 1.92 bits per heavy atom. The van der Waals surface area contributed by atoms with Crippen LogP contribution < -0.4 is 0 Å². The van der Waals surface area contributed by atoms with Crippen molar-refractivity contribution in [2.75, 3.05) is 26.3 Å². The van der Waals surface area contributed by atoms with Crippen molar-refractivity contribution in [2.45, 2.75) is 26.7 Å². The zero-order valence-electron chi connectivity index (χ0n) is 8.36. The Morgan fingerprint density at radius 2 is 1.62 bits per heavy atom. The second-order valence-corrected chi connectivity index (χ2v) is 6.49. The van der Waals surface area contributed by atoms with Gasteiger partial charge in [-0.15, -0.1) is 0 Å². The Bertz CT molecular complexity index is 185. The predicted octanol–water partition coefficient (Wildman–Crippen LogP) is 2.38. The minimum absolute atomic E-state index is 0.720. The molecule has 0 aromatic heterocycles. The van der Waals surface area contributed by atoms with Gasteiger partial charge in [0.15, 0.2) is 0 Å². The topological polar surface area (TPSA) is 21.5 Å². The minimum atomic E-state index is -2.05. The fourth-order valence-electron chi connectivity index (χ4n) is 0.904. The molecule has 3 nitrogen and oxygen atoms in total. The number of hydrogen-bond donors (Lipinski definition) is 0. The summed E-state index contributed by atoms with van der Waals surface area (Å²) in [5.74, 6) is 0. The summed E-state index contributed by atoms with van der Waals surface area (Å²) in [4.78, 5) is 0. The van der Waals surface area contributed by atoms with E-state index in [4.69, 9.17) is 20.9 Å². The number of hydrogen-bond acceptors (Lipinski definition) is 3. The summed E-state index contributed by atoms with van der Waals surface area (Å²) in [6.07, 6.45) is 2.00. The lowest BCUT2D eigenvalue weighted by molar-refractivity contribution is 0.228. The first-order valence-corrected chi connectivity index (χ1v) is 7.46. The molecule has 1 aliphatic rings. The van der Waals surface area contributed by atoms with Crippen molar-refractivity contribution in [2.24, 2.45) is 0 Å². The molecule has 0 aromatic carbocycles. The number of rotatable bonds is 7. The van der Waals surface area contributed by atoms with Crippen LogP contribution >= 0.6 is 6.64 Å². The van der Waals surface area contributed by atoms with Crippen molar-refractivity contribution < 1.29 is 9.05 Å². The average Bonchev–Trinajstić information content (AvgIpc) is 2.94. The van der Waals surface area contributed by atoms with Gasteiger partial charge in [0.1, 0.15) is 0 Å². The highest BCUT2D eigenvalue weighted by Gasteiger charge is 2.36. The van der Waals surface area contributed by atoms with Crippen molar-refractivity contribution in [3.05, 3.63) is 0 Å². The molecule has 0 N–H and O–H groups in total. The van der Waals surface area contributed by atoms with Crippen molar-refractivity contribution in [1.29, 1.82) is 0 Å². The van der Waals surface area contributed by atoms with Gasteiger partial charge in [-0.2, -0.15) is 0 Å². The standard InChI is InChI=1S/C8H18NO2PS/c1-3-7-10-12(13,9-5-6-9)11-8-4-2/h3-8H2,1-2H3. The van der Waals surface area contributed by atoms with Gasteiger partial charge in [-0.1, -0.05) is 13.8 Å². The van der Waals surface area contributed by atoms with Crippen molar-refractivity contribution in [1.82, 2.24) is 4.67 Å². The lowest BCUT2D eigenvalue weighted by Crippen LogP contribution is -2.04. The fourth-order valence-corrected chi connectivity index (χ4v) is 3.65. The molecule has 1 saturated heterocycles. The Hall–Kier alpha value is 0.530. The lowest BCUT2D eigenvalue weighted by atomic mass is 10.5. The van der Waals surface area contributed by atoms with Gasteiger partial charge in [-0.3, -0.25) is 0 Å². The molecule has 0 bridgehead atoms. The van der Waals surface area contributed by atoms with E-state index in [0.29, 0.717) is 0 Å². The molecule has 13 heavy (non-hydrogen) atoms. The first-order valence-electron chi connectivity index (χ1n) is 4.87.